The smallest absolute Gasteiger partial charge is 0.272 e. The van der Waals surface area contributed by atoms with Crippen LogP contribution in [-0.4, -0.2) is 56.0 Å². The summed E-state index contributed by atoms with van der Waals surface area (Å²) in [5.41, 5.74) is -0.700. The van der Waals surface area contributed by atoms with E-state index in [2.05, 4.69) is 10.3 Å². The molecule has 102 valence electrons. The molecule has 7 heteroatoms. The Balaban J connectivity index is 2.24. The van der Waals surface area contributed by atoms with Gasteiger partial charge in [-0.2, -0.15) is 0 Å². The number of aromatic nitrogens is 2. The van der Waals surface area contributed by atoms with Crippen molar-refractivity contribution in [2.45, 2.75) is 5.54 Å². The molecule has 0 bridgehead atoms. The number of nitrogens with zero attached hydrogens (tertiary/aromatic N) is 2. The molecule has 4 N–H and O–H groups in total. The highest BCUT2D eigenvalue weighted by Crippen LogP contribution is 2.07. The van der Waals surface area contributed by atoms with E-state index >= 15 is 0 Å². The van der Waals surface area contributed by atoms with Crippen molar-refractivity contribution in [1.29, 1.82) is 0 Å². The summed E-state index contributed by atoms with van der Waals surface area (Å²) in [7, 11) is 0. The second-order valence-electron chi connectivity index (χ2n) is 4.30. The van der Waals surface area contributed by atoms with Crippen molar-refractivity contribution < 1.29 is 20.1 Å². The minimum atomic E-state index is -1.45. The van der Waals surface area contributed by atoms with Crippen LogP contribution in [0.5, 0.6) is 0 Å². The maximum Gasteiger partial charge on any atom is 0.272 e. The van der Waals surface area contributed by atoms with Crippen LogP contribution in [0.4, 0.5) is 0 Å². The highest BCUT2D eigenvalue weighted by molar-refractivity contribution is 5.93. The molecule has 0 aliphatic rings. The van der Waals surface area contributed by atoms with E-state index in [-0.39, 0.29) is 5.69 Å². The van der Waals surface area contributed by atoms with E-state index in [1.807, 2.05) is 0 Å². The largest absolute Gasteiger partial charge is 0.394 e. The zero-order valence-corrected chi connectivity index (χ0v) is 10.2. The molecule has 7 nitrogen and oxygen atoms in total. The van der Waals surface area contributed by atoms with Gasteiger partial charge in [0, 0.05) is 12.4 Å². The van der Waals surface area contributed by atoms with Crippen molar-refractivity contribution in [3.8, 4) is 0 Å². The lowest BCUT2D eigenvalue weighted by Crippen LogP contribution is -2.57. The fourth-order valence-corrected chi connectivity index (χ4v) is 1.62. The Bertz CT molecular complexity index is 536. The molecule has 0 radical (unpaired) electrons. The van der Waals surface area contributed by atoms with E-state index in [9.17, 15) is 4.79 Å². The highest BCUT2D eigenvalue weighted by atomic mass is 16.3. The number of hydrogen-bond acceptors (Lipinski definition) is 5. The van der Waals surface area contributed by atoms with Gasteiger partial charge in [-0.25, -0.2) is 4.98 Å². The average molecular weight is 265 g/mol. The van der Waals surface area contributed by atoms with Crippen LogP contribution in [0.25, 0.3) is 5.65 Å². The molecule has 0 saturated carbocycles. The van der Waals surface area contributed by atoms with E-state index in [0.29, 0.717) is 5.65 Å². The van der Waals surface area contributed by atoms with Gasteiger partial charge in [0.05, 0.1) is 19.8 Å². The summed E-state index contributed by atoms with van der Waals surface area (Å²) in [5.74, 6) is -0.569. The summed E-state index contributed by atoms with van der Waals surface area (Å²) in [6.45, 7) is -1.71. The second kappa shape index (κ2) is 5.35. The third kappa shape index (κ3) is 2.58. The summed E-state index contributed by atoms with van der Waals surface area (Å²) in [6.07, 6.45) is 3.28. The first kappa shape index (κ1) is 13.5. The van der Waals surface area contributed by atoms with Crippen LogP contribution in [0.2, 0.25) is 0 Å². The minimum Gasteiger partial charge on any atom is -0.394 e. The maximum atomic E-state index is 12.0. The van der Waals surface area contributed by atoms with Gasteiger partial charge in [-0.05, 0) is 12.1 Å². The first-order valence-electron chi connectivity index (χ1n) is 5.73. The molecule has 0 fully saturated rings. The molecule has 2 aromatic rings. The lowest BCUT2D eigenvalue weighted by atomic mass is 10.0. The quantitative estimate of drug-likeness (QED) is 0.542. The predicted molar refractivity (Wildman–Crippen MR) is 66.6 cm³/mol. The third-order valence-corrected chi connectivity index (χ3v) is 2.88. The van der Waals surface area contributed by atoms with Crippen molar-refractivity contribution in [1.82, 2.24) is 14.7 Å². The molecule has 0 aliphatic carbocycles. The number of rotatable bonds is 5. The molecule has 19 heavy (non-hydrogen) atoms. The maximum absolute atomic E-state index is 12.0. The predicted octanol–water partition coefficient (Wildman–Crippen LogP) is -1.22. The molecule has 0 aromatic carbocycles. The lowest BCUT2D eigenvalue weighted by Gasteiger charge is -2.28. The summed E-state index contributed by atoms with van der Waals surface area (Å²) < 4.78 is 1.67. The number of carbonyl (C=O) groups is 1. The van der Waals surface area contributed by atoms with Gasteiger partial charge in [-0.15, -0.1) is 0 Å². The Morgan fingerprint density at radius 1 is 1.26 bits per heavy atom. The van der Waals surface area contributed by atoms with Crippen LogP contribution in [0.15, 0.2) is 30.6 Å². The fraction of sp³-hybridized carbons (Fsp3) is 0.333. The molecule has 1 amide bonds. The van der Waals surface area contributed by atoms with Crippen molar-refractivity contribution in [2.75, 3.05) is 19.8 Å². The SMILES string of the molecule is O=C(NC(CO)(CO)CO)c1cn2ccccc2n1. The van der Waals surface area contributed by atoms with E-state index in [1.165, 1.54) is 6.20 Å². The Morgan fingerprint density at radius 3 is 2.53 bits per heavy atom. The molecule has 2 heterocycles. The topological polar surface area (TPSA) is 107 Å². The van der Waals surface area contributed by atoms with Gasteiger partial charge in [0.15, 0.2) is 0 Å². The standard InChI is InChI=1S/C12H15N3O4/c16-6-12(7-17,8-18)14-11(19)9-5-15-4-2-1-3-10(15)13-9/h1-5,16-18H,6-8H2,(H,14,19). The van der Waals surface area contributed by atoms with E-state index in [1.54, 1.807) is 28.8 Å². The molecule has 0 atom stereocenters. The number of imidazole rings is 1. The zero-order chi connectivity index (χ0) is 13.9. The summed E-state index contributed by atoms with van der Waals surface area (Å²) in [5, 5.41) is 29.8. The van der Waals surface area contributed by atoms with Gasteiger partial charge < -0.3 is 25.0 Å². The monoisotopic (exact) mass is 265 g/mol. The lowest BCUT2D eigenvalue weighted by molar-refractivity contribution is 0.0373. The van der Waals surface area contributed by atoms with Gasteiger partial charge in [0.1, 0.15) is 16.9 Å². The minimum absolute atomic E-state index is 0.144. The molecule has 0 unspecified atom stereocenters. The molecule has 2 aromatic heterocycles. The van der Waals surface area contributed by atoms with Crippen LogP contribution >= 0.6 is 0 Å². The molecule has 0 aliphatic heterocycles. The van der Waals surface area contributed by atoms with Crippen LogP contribution in [0.3, 0.4) is 0 Å². The summed E-state index contributed by atoms with van der Waals surface area (Å²) in [4.78, 5) is 16.1. The van der Waals surface area contributed by atoms with Gasteiger partial charge >= 0.3 is 0 Å². The Labute approximate surface area is 109 Å². The van der Waals surface area contributed by atoms with Crippen LogP contribution in [0.1, 0.15) is 10.5 Å². The normalized spacial score (nSPS) is 11.7. The number of fused-ring (bicyclic) bond motifs is 1. The second-order valence-corrected chi connectivity index (χ2v) is 4.30. The summed E-state index contributed by atoms with van der Waals surface area (Å²) in [6, 6.07) is 5.34. The number of aliphatic hydroxyl groups is 3. The van der Waals surface area contributed by atoms with Crippen molar-refractivity contribution >= 4 is 11.6 Å². The number of aliphatic hydroxyl groups excluding tert-OH is 3. The first-order chi connectivity index (χ1) is 9.14. The molecular formula is C12H15N3O4. The Hall–Kier alpha value is -1.96. The first-order valence-corrected chi connectivity index (χ1v) is 5.73. The van der Waals surface area contributed by atoms with E-state index < -0.39 is 31.3 Å². The number of carbonyl (C=O) groups excluding carboxylic acids is 1. The van der Waals surface area contributed by atoms with Gasteiger partial charge in [0.2, 0.25) is 0 Å². The average Bonchev–Trinajstić information content (AvgIpc) is 2.89. The zero-order valence-electron chi connectivity index (χ0n) is 10.2. The Kier molecular flexibility index (Phi) is 3.79. The van der Waals surface area contributed by atoms with Gasteiger partial charge in [-0.1, -0.05) is 6.07 Å². The third-order valence-electron chi connectivity index (χ3n) is 2.88. The van der Waals surface area contributed by atoms with Crippen LogP contribution < -0.4 is 5.32 Å². The van der Waals surface area contributed by atoms with Crippen molar-refractivity contribution in [2.24, 2.45) is 0 Å². The van der Waals surface area contributed by atoms with Crippen LogP contribution in [-0.2, 0) is 0 Å². The van der Waals surface area contributed by atoms with E-state index in [4.69, 9.17) is 15.3 Å². The summed E-state index contributed by atoms with van der Waals surface area (Å²) >= 11 is 0. The number of pyridine rings is 1. The van der Waals surface area contributed by atoms with E-state index in [0.717, 1.165) is 0 Å². The number of nitrogens with one attached hydrogen (secondary N) is 1. The number of amides is 1. The number of hydrogen-bond donors (Lipinski definition) is 4. The molecule has 2 rings (SSSR count). The van der Waals surface area contributed by atoms with Crippen molar-refractivity contribution in [3.05, 3.63) is 36.3 Å². The molecular weight excluding hydrogens is 250 g/mol. The van der Waals surface area contributed by atoms with Gasteiger partial charge in [-0.3, -0.25) is 4.79 Å². The molecule has 0 spiro atoms. The van der Waals surface area contributed by atoms with Crippen molar-refractivity contribution in [3.63, 3.8) is 0 Å². The molecule has 0 saturated heterocycles. The fourth-order valence-electron chi connectivity index (χ4n) is 1.62. The van der Waals surface area contributed by atoms with Gasteiger partial charge in [0.25, 0.3) is 5.91 Å². The highest BCUT2D eigenvalue weighted by Gasteiger charge is 2.31. The Morgan fingerprint density at radius 2 is 1.95 bits per heavy atom. The van der Waals surface area contributed by atoms with Crippen LogP contribution in [0, 0.1) is 0 Å².